The van der Waals surface area contributed by atoms with E-state index in [1.165, 1.54) is 0 Å². The molecule has 2 amide bonds. The number of amides is 2. The lowest BCUT2D eigenvalue weighted by Crippen LogP contribution is -2.49. The molecule has 7 heteroatoms. The lowest BCUT2D eigenvalue weighted by Gasteiger charge is -2.28. The third-order valence-electron chi connectivity index (χ3n) is 4.65. The maximum atomic E-state index is 12.8. The van der Waals surface area contributed by atoms with Crippen molar-refractivity contribution in [3.05, 3.63) is 54.4 Å². The Kier molecular flexibility index (Phi) is 8.00. The summed E-state index contributed by atoms with van der Waals surface area (Å²) in [5.74, 6) is 0.891. The summed E-state index contributed by atoms with van der Waals surface area (Å²) in [4.78, 5) is 30.9. The molecule has 0 saturated carbocycles. The Morgan fingerprint density at radius 2 is 1.69 bits per heavy atom. The molecule has 0 bridgehead atoms. The van der Waals surface area contributed by atoms with Crippen molar-refractivity contribution in [3.8, 4) is 11.5 Å². The van der Waals surface area contributed by atoms with Crippen molar-refractivity contribution in [2.75, 3.05) is 33.9 Å². The maximum absolute atomic E-state index is 12.8. The molecule has 7 nitrogen and oxygen atoms in total. The first kappa shape index (κ1) is 22.2. The predicted octanol–water partition coefficient (Wildman–Crippen LogP) is 2.31. The topological polar surface area (TPSA) is 80.8 Å². The van der Waals surface area contributed by atoms with Crippen LogP contribution in [0.1, 0.15) is 19.4 Å². The number of methoxy groups -OCH3 is 1. The fourth-order valence-electron chi connectivity index (χ4n) is 2.75. The van der Waals surface area contributed by atoms with Gasteiger partial charge in [-0.2, -0.15) is 0 Å². The summed E-state index contributed by atoms with van der Waals surface area (Å²) in [6.45, 7) is 4.42. The minimum absolute atomic E-state index is 0.222. The van der Waals surface area contributed by atoms with Crippen molar-refractivity contribution in [1.29, 1.82) is 0 Å². The SMILES string of the molecule is COc1ccc(OCCNC(=O)C(C)(C)C(=O)N(C)CCc2ccncc2)cc1. The van der Waals surface area contributed by atoms with Crippen LogP contribution in [0, 0.1) is 5.41 Å². The Hall–Kier alpha value is -3.09. The number of benzene rings is 1. The number of likely N-dealkylation sites (N-methyl/N-ethyl adjacent to an activating group) is 1. The van der Waals surface area contributed by atoms with Gasteiger partial charge in [0.25, 0.3) is 0 Å². The second kappa shape index (κ2) is 10.5. The van der Waals surface area contributed by atoms with Gasteiger partial charge in [0.2, 0.25) is 11.8 Å². The Bertz CT molecular complexity index is 791. The van der Waals surface area contributed by atoms with Crippen LogP contribution >= 0.6 is 0 Å². The fourth-order valence-corrected chi connectivity index (χ4v) is 2.75. The molecule has 2 rings (SSSR count). The summed E-state index contributed by atoms with van der Waals surface area (Å²) in [5.41, 5.74) is -0.0646. The monoisotopic (exact) mass is 399 g/mol. The molecule has 0 atom stereocenters. The van der Waals surface area contributed by atoms with Gasteiger partial charge in [-0.3, -0.25) is 14.6 Å². The van der Waals surface area contributed by atoms with Gasteiger partial charge in [-0.05, 0) is 62.2 Å². The van der Waals surface area contributed by atoms with Crippen LogP contribution in [-0.2, 0) is 16.0 Å². The van der Waals surface area contributed by atoms with Crippen molar-refractivity contribution in [2.24, 2.45) is 5.41 Å². The average molecular weight is 399 g/mol. The molecule has 0 radical (unpaired) electrons. The summed E-state index contributed by atoms with van der Waals surface area (Å²) in [6.07, 6.45) is 4.16. The molecule has 1 aromatic heterocycles. The van der Waals surface area contributed by atoms with Gasteiger partial charge in [-0.15, -0.1) is 0 Å². The Morgan fingerprint density at radius 1 is 1.07 bits per heavy atom. The van der Waals surface area contributed by atoms with Crippen LogP contribution < -0.4 is 14.8 Å². The van der Waals surface area contributed by atoms with Crippen LogP contribution in [0.4, 0.5) is 0 Å². The lowest BCUT2D eigenvalue weighted by molar-refractivity contribution is -0.147. The van der Waals surface area contributed by atoms with E-state index in [4.69, 9.17) is 9.47 Å². The normalized spacial score (nSPS) is 10.9. The molecule has 156 valence electrons. The van der Waals surface area contributed by atoms with Crippen LogP contribution in [0.15, 0.2) is 48.8 Å². The molecule has 1 aromatic carbocycles. The van der Waals surface area contributed by atoms with Crippen molar-refractivity contribution in [2.45, 2.75) is 20.3 Å². The van der Waals surface area contributed by atoms with Crippen molar-refractivity contribution in [3.63, 3.8) is 0 Å². The van der Waals surface area contributed by atoms with E-state index in [-0.39, 0.29) is 11.8 Å². The Labute approximate surface area is 172 Å². The third kappa shape index (κ3) is 6.48. The summed E-state index contributed by atoms with van der Waals surface area (Å²) in [7, 11) is 3.32. The zero-order valence-electron chi connectivity index (χ0n) is 17.5. The van der Waals surface area contributed by atoms with Crippen molar-refractivity contribution < 1.29 is 19.1 Å². The summed E-state index contributed by atoms with van der Waals surface area (Å²) in [5, 5.41) is 2.78. The van der Waals surface area contributed by atoms with Gasteiger partial charge in [0.15, 0.2) is 0 Å². The molecule has 0 spiro atoms. The van der Waals surface area contributed by atoms with E-state index in [1.807, 2.05) is 12.1 Å². The van der Waals surface area contributed by atoms with Gasteiger partial charge in [0, 0.05) is 26.0 Å². The molecule has 2 aromatic rings. The standard InChI is InChI=1S/C22H29N3O4/c1-22(2,21(27)25(3)15-11-17-9-12-23-13-10-17)20(26)24-14-16-29-19-7-5-18(28-4)6-8-19/h5-10,12-13H,11,14-16H2,1-4H3,(H,24,26). The van der Waals surface area contributed by atoms with Crippen LogP contribution in [0.25, 0.3) is 0 Å². The largest absolute Gasteiger partial charge is 0.497 e. The number of rotatable bonds is 10. The van der Waals surface area contributed by atoms with E-state index < -0.39 is 5.41 Å². The van der Waals surface area contributed by atoms with Gasteiger partial charge in [0.1, 0.15) is 23.5 Å². The molecule has 0 fully saturated rings. The van der Waals surface area contributed by atoms with Gasteiger partial charge in [0.05, 0.1) is 13.7 Å². The number of carbonyl (C=O) groups excluding carboxylic acids is 2. The third-order valence-corrected chi connectivity index (χ3v) is 4.65. The molecule has 1 heterocycles. The van der Waals surface area contributed by atoms with Gasteiger partial charge in [-0.1, -0.05) is 0 Å². The molecule has 0 saturated heterocycles. The zero-order valence-corrected chi connectivity index (χ0v) is 17.5. The van der Waals surface area contributed by atoms with E-state index in [9.17, 15) is 9.59 Å². The first-order valence-electron chi connectivity index (χ1n) is 9.54. The quantitative estimate of drug-likeness (QED) is 0.490. The molecule has 1 N–H and O–H groups in total. The first-order chi connectivity index (χ1) is 13.8. The Morgan fingerprint density at radius 3 is 2.31 bits per heavy atom. The highest BCUT2D eigenvalue weighted by molar-refractivity contribution is 6.04. The number of carbonyl (C=O) groups is 2. The Balaban J connectivity index is 1.77. The van der Waals surface area contributed by atoms with Gasteiger partial charge < -0.3 is 19.7 Å². The number of ether oxygens (including phenoxy) is 2. The number of hydrogen-bond donors (Lipinski definition) is 1. The average Bonchev–Trinajstić information content (AvgIpc) is 2.75. The summed E-state index contributed by atoms with van der Waals surface area (Å²) < 4.78 is 10.7. The first-order valence-corrected chi connectivity index (χ1v) is 9.54. The molecular weight excluding hydrogens is 370 g/mol. The number of hydrogen-bond acceptors (Lipinski definition) is 5. The molecule has 29 heavy (non-hydrogen) atoms. The maximum Gasteiger partial charge on any atom is 0.237 e. The lowest BCUT2D eigenvalue weighted by atomic mass is 9.90. The van der Waals surface area contributed by atoms with Gasteiger partial charge >= 0.3 is 0 Å². The molecule has 0 aliphatic heterocycles. The van der Waals surface area contributed by atoms with Crippen LogP contribution in [0.3, 0.4) is 0 Å². The smallest absolute Gasteiger partial charge is 0.237 e. The zero-order chi connectivity index (χ0) is 21.3. The van der Waals surface area contributed by atoms with Crippen molar-refractivity contribution >= 4 is 11.8 Å². The van der Waals surface area contributed by atoms with Crippen LogP contribution in [0.2, 0.25) is 0 Å². The van der Waals surface area contributed by atoms with E-state index in [1.54, 1.807) is 69.6 Å². The van der Waals surface area contributed by atoms with E-state index in [2.05, 4.69) is 10.3 Å². The number of nitrogens with one attached hydrogen (secondary N) is 1. The van der Waals surface area contributed by atoms with Crippen LogP contribution in [0.5, 0.6) is 11.5 Å². The van der Waals surface area contributed by atoms with Crippen LogP contribution in [-0.4, -0.2) is 55.6 Å². The second-order valence-corrected chi connectivity index (χ2v) is 7.24. The highest BCUT2D eigenvalue weighted by Gasteiger charge is 2.37. The van der Waals surface area contributed by atoms with Gasteiger partial charge in [-0.25, -0.2) is 0 Å². The molecule has 0 unspecified atom stereocenters. The summed E-state index contributed by atoms with van der Waals surface area (Å²) in [6, 6.07) is 11.0. The predicted molar refractivity (Wildman–Crippen MR) is 111 cm³/mol. The number of pyridine rings is 1. The highest BCUT2D eigenvalue weighted by atomic mass is 16.5. The number of nitrogens with zero attached hydrogens (tertiary/aromatic N) is 2. The number of aromatic nitrogens is 1. The highest BCUT2D eigenvalue weighted by Crippen LogP contribution is 2.19. The summed E-state index contributed by atoms with van der Waals surface area (Å²) >= 11 is 0. The van der Waals surface area contributed by atoms with E-state index in [0.717, 1.165) is 11.3 Å². The molecule has 0 aliphatic rings. The fraction of sp³-hybridized carbons (Fsp3) is 0.409. The van der Waals surface area contributed by atoms with E-state index in [0.29, 0.717) is 31.9 Å². The second-order valence-electron chi connectivity index (χ2n) is 7.24. The molecule has 0 aliphatic carbocycles. The minimum atomic E-state index is -1.16. The molecular formula is C22H29N3O4. The minimum Gasteiger partial charge on any atom is -0.497 e. The van der Waals surface area contributed by atoms with Crippen molar-refractivity contribution in [1.82, 2.24) is 15.2 Å². The van der Waals surface area contributed by atoms with E-state index >= 15 is 0 Å².